The Morgan fingerprint density at radius 3 is 2.70 bits per heavy atom. The topological polar surface area (TPSA) is 97.8 Å². The number of hydrogen-bond donors (Lipinski definition) is 2. The van der Waals surface area contributed by atoms with Gasteiger partial charge in [0.05, 0.1) is 23.8 Å². The molecule has 2 aliphatic carbocycles. The van der Waals surface area contributed by atoms with E-state index in [2.05, 4.69) is 19.2 Å². The second-order valence-electron chi connectivity index (χ2n) is 11.2. The molecule has 1 amide bonds. The summed E-state index contributed by atoms with van der Waals surface area (Å²) in [5, 5.41) is 15.2. The lowest BCUT2D eigenvalue weighted by Crippen LogP contribution is -2.53. The number of ether oxygens (including phenoxy) is 2. The highest BCUT2D eigenvalue weighted by Gasteiger charge is 2.53. The fourth-order valence-corrected chi connectivity index (χ4v) is 6.92. The smallest absolute Gasteiger partial charge is 0.311 e. The first-order valence-corrected chi connectivity index (χ1v) is 12.8. The van der Waals surface area contributed by atoms with Gasteiger partial charge < -0.3 is 19.9 Å². The Kier molecular flexibility index (Phi) is 7.91. The summed E-state index contributed by atoms with van der Waals surface area (Å²) in [4.78, 5) is 30.9. The molecule has 0 aromatic carbocycles. The lowest BCUT2D eigenvalue weighted by atomic mass is 9.53. The van der Waals surface area contributed by atoms with E-state index in [1.165, 1.54) is 4.88 Å². The predicted octanol–water partition coefficient (Wildman–Crippen LogP) is 3.68. The summed E-state index contributed by atoms with van der Waals surface area (Å²) in [6.45, 7) is 13.0. The Morgan fingerprint density at radius 2 is 2.06 bits per heavy atom. The van der Waals surface area contributed by atoms with Crippen LogP contribution < -0.4 is 5.32 Å². The number of amides is 1. The first-order chi connectivity index (χ1) is 15.4. The van der Waals surface area contributed by atoms with Crippen LogP contribution in [0.3, 0.4) is 0 Å². The highest BCUT2D eigenvalue weighted by atomic mass is 32.1. The van der Waals surface area contributed by atoms with Gasteiger partial charge in [-0.1, -0.05) is 20.8 Å². The number of rotatable bonds is 7. The van der Waals surface area contributed by atoms with E-state index in [0.717, 1.165) is 30.0 Å². The molecule has 1 aromatic rings. The molecule has 2 aliphatic rings. The first kappa shape index (κ1) is 26.1. The third-order valence-corrected chi connectivity index (χ3v) is 8.61. The molecule has 0 saturated heterocycles. The van der Waals surface area contributed by atoms with Crippen LogP contribution in [0.1, 0.15) is 75.9 Å². The Hall–Kier alpha value is -1.51. The summed E-state index contributed by atoms with van der Waals surface area (Å²) in [6, 6.07) is 0. The predicted molar refractivity (Wildman–Crippen MR) is 128 cm³/mol. The van der Waals surface area contributed by atoms with Crippen LogP contribution in [0.2, 0.25) is 0 Å². The largest absolute Gasteiger partial charge is 0.458 e. The van der Waals surface area contributed by atoms with Crippen molar-refractivity contribution in [3.8, 4) is 0 Å². The maximum absolute atomic E-state index is 12.7. The van der Waals surface area contributed by atoms with Crippen molar-refractivity contribution in [1.82, 2.24) is 10.3 Å². The molecule has 0 unspecified atom stereocenters. The molecule has 0 bridgehead atoms. The molecule has 1 heterocycles. The molecule has 0 aliphatic heterocycles. The minimum atomic E-state index is -0.570. The minimum Gasteiger partial charge on any atom is -0.458 e. The van der Waals surface area contributed by atoms with Crippen LogP contribution in [0.4, 0.5) is 0 Å². The van der Waals surface area contributed by atoms with Crippen molar-refractivity contribution >= 4 is 23.2 Å². The summed E-state index contributed by atoms with van der Waals surface area (Å²) >= 11 is 1.62. The number of carbonyl (C=O) groups excluding carboxylic acids is 2. The van der Waals surface area contributed by atoms with E-state index in [1.807, 2.05) is 27.7 Å². The quantitative estimate of drug-likeness (QED) is 0.456. The van der Waals surface area contributed by atoms with Crippen molar-refractivity contribution < 1.29 is 24.2 Å². The second-order valence-corrected chi connectivity index (χ2v) is 12.3. The van der Waals surface area contributed by atoms with Gasteiger partial charge in [0, 0.05) is 30.4 Å². The average Bonchev–Trinajstić information content (AvgIpc) is 3.13. The summed E-state index contributed by atoms with van der Waals surface area (Å²) in [5.74, 6) is -0.507. The van der Waals surface area contributed by atoms with E-state index in [4.69, 9.17) is 14.5 Å². The van der Waals surface area contributed by atoms with Crippen LogP contribution in [-0.2, 0) is 32.1 Å². The zero-order valence-electron chi connectivity index (χ0n) is 21.1. The third-order valence-electron chi connectivity index (χ3n) is 7.57. The van der Waals surface area contributed by atoms with Crippen molar-refractivity contribution in [2.24, 2.45) is 28.6 Å². The van der Waals surface area contributed by atoms with Crippen LogP contribution in [0, 0.1) is 28.6 Å². The Labute approximate surface area is 201 Å². The standard InChI is InChI=1S/C25H40N2O5S/c1-14(22(29)26-10-11-31-7)16-8-9-25(6)12-17-20(15(2)19(25)21(16)28)27-18(33-17)13-32-23(30)24(3,4)5/h14-16,19,21,28H,8-13H2,1-7H3,(H,26,29)/t14-,15+,16+,19+,21-,25+/m0/s1. The zero-order chi connectivity index (χ0) is 24.6. The van der Waals surface area contributed by atoms with Crippen LogP contribution in [0.25, 0.3) is 0 Å². The van der Waals surface area contributed by atoms with Gasteiger partial charge in [0.25, 0.3) is 0 Å². The van der Waals surface area contributed by atoms with Crippen LogP contribution in [0.5, 0.6) is 0 Å². The van der Waals surface area contributed by atoms with Crippen LogP contribution in [0.15, 0.2) is 0 Å². The SMILES string of the molecule is COCCNC(=O)[C@@H](C)[C@H]1CC[C@]2(C)Cc3sc(COC(=O)C(C)(C)C)nc3[C@H](C)[C@@H]2[C@H]1O. The lowest BCUT2D eigenvalue weighted by molar-refractivity contribution is -0.154. The van der Waals surface area contributed by atoms with Crippen LogP contribution >= 0.6 is 11.3 Å². The molecule has 33 heavy (non-hydrogen) atoms. The lowest BCUT2D eigenvalue weighted by Gasteiger charge is -2.53. The number of nitrogens with one attached hydrogen (secondary N) is 1. The summed E-state index contributed by atoms with van der Waals surface area (Å²) in [6.07, 6.45) is 2.08. The zero-order valence-corrected chi connectivity index (χ0v) is 21.9. The molecule has 6 atom stereocenters. The number of thiazole rings is 1. The summed E-state index contributed by atoms with van der Waals surface area (Å²) < 4.78 is 10.5. The highest BCUT2D eigenvalue weighted by molar-refractivity contribution is 7.11. The maximum atomic E-state index is 12.7. The van der Waals surface area contributed by atoms with Crippen molar-refractivity contribution in [1.29, 1.82) is 0 Å². The molecule has 8 heteroatoms. The van der Waals surface area contributed by atoms with Crippen molar-refractivity contribution in [2.75, 3.05) is 20.3 Å². The van der Waals surface area contributed by atoms with Gasteiger partial charge in [0.15, 0.2) is 0 Å². The number of nitrogens with zero attached hydrogens (tertiary/aromatic N) is 1. The molecule has 0 radical (unpaired) electrons. The van der Waals surface area contributed by atoms with E-state index < -0.39 is 11.5 Å². The average molecular weight is 481 g/mol. The van der Waals surface area contributed by atoms with Gasteiger partial charge >= 0.3 is 5.97 Å². The van der Waals surface area contributed by atoms with Crippen molar-refractivity contribution in [2.45, 2.75) is 79.4 Å². The molecular formula is C25H40N2O5S. The third kappa shape index (κ3) is 5.43. The van der Waals surface area contributed by atoms with E-state index in [-0.39, 0.29) is 47.6 Å². The fourth-order valence-electron chi connectivity index (χ4n) is 5.63. The molecule has 3 rings (SSSR count). The number of fused-ring (bicyclic) bond motifs is 2. The van der Waals surface area contributed by atoms with Crippen molar-refractivity contribution in [3.63, 3.8) is 0 Å². The monoisotopic (exact) mass is 480 g/mol. The molecule has 7 nitrogen and oxygen atoms in total. The molecular weight excluding hydrogens is 440 g/mol. The molecule has 1 aromatic heterocycles. The number of aliphatic hydroxyl groups is 1. The van der Waals surface area contributed by atoms with Gasteiger partial charge in [-0.2, -0.15) is 0 Å². The Balaban J connectivity index is 1.74. The van der Waals surface area contributed by atoms with Crippen LogP contribution in [-0.4, -0.2) is 48.3 Å². The number of aliphatic hydroxyl groups excluding tert-OH is 1. The van der Waals surface area contributed by atoms with Gasteiger partial charge in [-0.05, 0) is 57.3 Å². The summed E-state index contributed by atoms with van der Waals surface area (Å²) in [7, 11) is 1.61. The van der Waals surface area contributed by atoms with Gasteiger partial charge in [0.2, 0.25) is 5.91 Å². The van der Waals surface area contributed by atoms with E-state index in [1.54, 1.807) is 18.4 Å². The molecule has 1 saturated carbocycles. The molecule has 2 N–H and O–H groups in total. The fraction of sp³-hybridized carbons (Fsp3) is 0.800. The maximum Gasteiger partial charge on any atom is 0.311 e. The van der Waals surface area contributed by atoms with E-state index in [9.17, 15) is 14.7 Å². The van der Waals surface area contributed by atoms with Gasteiger partial charge in [-0.15, -0.1) is 11.3 Å². The number of aromatic nitrogens is 1. The van der Waals surface area contributed by atoms with Gasteiger partial charge in [-0.3, -0.25) is 9.59 Å². The summed E-state index contributed by atoms with van der Waals surface area (Å²) in [5.41, 5.74) is 0.430. The number of hydrogen-bond acceptors (Lipinski definition) is 7. The van der Waals surface area contributed by atoms with Gasteiger partial charge in [-0.25, -0.2) is 4.98 Å². The van der Waals surface area contributed by atoms with Gasteiger partial charge in [0.1, 0.15) is 11.6 Å². The number of methoxy groups -OCH3 is 1. The first-order valence-electron chi connectivity index (χ1n) is 12.0. The normalized spacial score (nSPS) is 30.2. The van der Waals surface area contributed by atoms with E-state index >= 15 is 0 Å². The minimum absolute atomic E-state index is 0.0273. The number of esters is 1. The Morgan fingerprint density at radius 1 is 1.36 bits per heavy atom. The van der Waals surface area contributed by atoms with E-state index in [0.29, 0.717) is 13.2 Å². The number of carbonyl (C=O) groups is 2. The van der Waals surface area contributed by atoms with Crippen molar-refractivity contribution in [3.05, 3.63) is 15.6 Å². The molecule has 1 fully saturated rings. The second kappa shape index (κ2) is 10.0. The Bertz CT molecular complexity index is 863. The highest BCUT2D eigenvalue weighted by Crippen LogP contribution is 2.57. The molecule has 186 valence electrons. The molecule has 0 spiro atoms.